The average molecular weight is 278 g/mol. The first kappa shape index (κ1) is 13.6. The number of pyridine rings is 1. The Morgan fingerprint density at radius 1 is 1.35 bits per heavy atom. The molecular weight excluding hydrogens is 266 g/mol. The Kier molecular flexibility index (Phi) is 3.69. The lowest BCUT2D eigenvalue weighted by molar-refractivity contribution is -0.875. The third-order valence-corrected chi connectivity index (χ3v) is 2.62. The van der Waals surface area contributed by atoms with E-state index >= 15 is 0 Å². The number of imide groups is 2. The zero-order valence-corrected chi connectivity index (χ0v) is 10.8. The smallest absolute Gasteiger partial charge is 0.339 e. The topological polar surface area (TPSA) is 104 Å². The minimum atomic E-state index is -1.39. The second-order valence-electron chi connectivity index (χ2n) is 3.88. The first-order chi connectivity index (χ1) is 9.54. The summed E-state index contributed by atoms with van der Waals surface area (Å²) in [6.07, 6.45) is 1.59. The summed E-state index contributed by atoms with van der Waals surface area (Å²) in [5.74, 6) is -1.24. The van der Waals surface area contributed by atoms with Gasteiger partial charge in [-0.3, -0.25) is 19.8 Å². The number of barbiturate groups is 1. The van der Waals surface area contributed by atoms with E-state index in [1.807, 2.05) is 5.32 Å². The van der Waals surface area contributed by atoms with Gasteiger partial charge >= 0.3 is 11.8 Å². The van der Waals surface area contributed by atoms with E-state index in [1.165, 1.54) is 18.9 Å². The van der Waals surface area contributed by atoms with Crippen molar-refractivity contribution < 1.29 is 24.0 Å². The third kappa shape index (κ3) is 2.46. The Morgan fingerprint density at radius 3 is 2.80 bits per heavy atom. The summed E-state index contributed by atoms with van der Waals surface area (Å²) in [5.41, 5.74) is 0. The maximum absolute atomic E-state index is 11.8. The molecule has 0 saturated carbocycles. The highest BCUT2D eigenvalue weighted by molar-refractivity contribution is 6.18. The molecule has 9 nitrogen and oxygen atoms in total. The van der Waals surface area contributed by atoms with Gasteiger partial charge in [-0.05, 0) is 16.9 Å². The number of azo groups is 1. The van der Waals surface area contributed by atoms with Crippen LogP contribution in [0.15, 0.2) is 34.6 Å². The lowest BCUT2D eigenvalue weighted by Gasteiger charge is -2.22. The van der Waals surface area contributed by atoms with Gasteiger partial charge in [-0.1, -0.05) is 5.11 Å². The maximum Gasteiger partial charge on any atom is 0.388 e. The molecule has 1 aromatic heterocycles. The fourth-order valence-corrected chi connectivity index (χ4v) is 1.52. The van der Waals surface area contributed by atoms with Crippen LogP contribution in [-0.2, 0) is 9.59 Å². The number of hydrogen-bond donors (Lipinski definition) is 1. The lowest BCUT2D eigenvalue weighted by atomic mass is 10.2. The van der Waals surface area contributed by atoms with E-state index in [4.69, 9.17) is 4.84 Å². The van der Waals surface area contributed by atoms with Crippen LogP contribution in [0.5, 0.6) is 0 Å². The Bertz CT molecular complexity index is 600. The standard InChI is InChI=1S/C11H11N5O4/c1-15-10(18)8(9(17)12-11(15)19)14-13-7-5-3-4-6-16(7)20-2/h3-6,8H,1-2H3/p+1. The van der Waals surface area contributed by atoms with Gasteiger partial charge in [0.15, 0.2) is 0 Å². The Labute approximate surface area is 113 Å². The predicted molar refractivity (Wildman–Crippen MR) is 63.8 cm³/mol. The molecule has 1 saturated heterocycles. The SMILES string of the molecule is CO[n+]1ccccc1N=NC1C(=O)NC(=O)N(C)C1=O. The van der Waals surface area contributed by atoms with E-state index in [2.05, 4.69) is 10.2 Å². The van der Waals surface area contributed by atoms with Crippen molar-refractivity contribution in [2.75, 3.05) is 14.2 Å². The summed E-state index contributed by atoms with van der Waals surface area (Å²) in [6.45, 7) is 0. The fourth-order valence-electron chi connectivity index (χ4n) is 1.52. The fraction of sp³-hybridized carbons (Fsp3) is 0.273. The van der Waals surface area contributed by atoms with Gasteiger partial charge in [-0.2, -0.15) is 0 Å². The molecule has 0 aliphatic carbocycles. The van der Waals surface area contributed by atoms with Crippen molar-refractivity contribution in [3.63, 3.8) is 0 Å². The first-order valence-electron chi connectivity index (χ1n) is 5.63. The van der Waals surface area contributed by atoms with E-state index in [1.54, 1.807) is 24.4 Å². The second kappa shape index (κ2) is 5.43. The molecule has 20 heavy (non-hydrogen) atoms. The van der Waals surface area contributed by atoms with Gasteiger partial charge < -0.3 is 4.84 Å². The highest BCUT2D eigenvalue weighted by atomic mass is 16.6. The average Bonchev–Trinajstić information content (AvgIpc) is 2.45. The van der Waals surface area contributed by atoms with Crippen LogP contribution in [-0.4, -0.2) is 42.9 Å². The van der Waals surface area contributed by atoms with Crippen molar-refractivity contribution in [2.45, 2.75) is 6.04 Å². The minimum absolute atomic E-state index is 0.301. The molecular formula is C11H12N5O4+. The molecule has 1 aliphatic rings. The highest BCUT2D eigenvalue weighted by Gasteiger charge is 2.40. The van der Waals surface area contributed by atoms with E-state index < -0.39 is 23.9 Å². The van der Waals surface area contributed by atoms with Crippen LogP contribution in [0.2, 0.25) is 0 Å². The summed E-state index contributed by atoms with van der Waals surface area (Å²) in [4.78, 5) is 40.3. The predicted octanol–water partition coefficient (Wildman–Crippen LogP) is -0.807. The van der Waals surface area contributed by atoms with Gasteiger partial charge in [-0.25, -0.2) is 4.79 Å². The molecule has 1 unspecified atom stereocenters. The Balaban J connectivity index is 2.24. The minimum Gasteiger partial charge on any atom is -0.339 e. The van der Waals surface area contributed by atoms with E-state index in [9.17, 15) is 14.4 Å². The van der Waals surface area contributed by atoms with Crippen molar-refractivity contribution in [1.82, 2.24) is 10.2 Å². The molecule has 1 atom stereocenters. The molecule has 9 heteroatoms. The number of nitrogens with zero attached hydrogens (tertiary/aromatic N) is 4. The third-order valence-electron chi connectivity index (χ3n) is 2.62. The van der Waals surface area contributed by atoms with Crippen LogP contribution in [0.1, 0.15) is 0 Å². The molecule has 1 aliphatic heterocycles. The molecule has 2 rings (SSSR count). The number of carbonyl (C=O) groups excluding carboxylic acids is 3. The summed E-state index contributed by atoms with van der Waals surface area (Å²) in [5, 5.41) is 9.49. The zero-order valence-electron chi connectivity index (χ0n) is 10.8. The van der Waals surface area contributed by atoms with Crippen LogP contribution in [0.4, 0.5) is 10.6 Å². The number of aromatic nitrogens is 1. The number of hydrogen-bond acceptors (Lipinski definition) is 6. The molecule has 1 aromatic rings. The summed E-state index contributed by atoms with van der Waals surface area (Å²) in [6, 6.07) is 2.84. The van der Waals surface area contributed by atoms with E-state index in [-0.39, 0.29) is 0 Å². The van der Waals surface area contributed by atoms with Crippen LogP contribution in [0.3, 0.4) is 0 Å². The number of amides is 4. The normalized spacial score (nSPS) is 19.4. The van der Waals surface area contributed by atoms with Crippen LogP contribution >= 0.6 is 0 Å². The van der Waals surface area contributed by atoms with Gasteiger partial charge in [0.2, 0.25) is 0 Å². The summed E-state index contributed by atoms with van der Waals surface area (Å²) >= 11 is 0. The summed E-state index contributed by atoms with van der Waals surface area (Å²) in [7, 11) is 2.69. The van der Waals surface area contributed by atoms with Gasteiger partial charge in [0.1, 0.15) is 13.3 Å². The van der Waals surface area contributed by atoms with Crippen LogP contribution in [0, 0.1) is 0 Å². The van der Waals surface area contributed by atoms with Gasteiger partial charge in [-0.15, -0.1) is 0 Å². The second-order valence-corrected chi connectivity index (χ2v) is 3.88. The number of carbonyl (C=O) groups is 3. The Hall–Kier alpha value is -2.84. The van der Waals surface area contributed by atoms with Crippen LogP contribution < -0.4 is 14.9 Å². The van der Waals surface area contributed by atoms with Crippen molar-refractivity contribution in [1.29, 1.82) is 0 Å². The first-order valence-corrected chi connectivity index (χ1v) is 5.63. The van der Waals surface area contributed by atoms with E-state index in [0.29, 0.717) is 5.82 Å². The molecule has 1 N–H and O–H groups in total. The van der Waals surface area contributed by atoms with Crippen molar-refractivity contribution in [3.05, 3.63) is 24.4 Å². The van der Waals surface area contributed by atoms with Crippen molar-refractivity contribution >= 4 is 23.7 Å². The zero-order chi connectivity index (χ0) is 14.7. The van der Waals surface area contributed by atoms with E-state index in [0.717, 1.165) is 4.90 Å². The number of likely N-dealkylation sites (N-methyl/N-ethyl adjacent to an activating group) is 1. The molecule has 1 fully saturated rings. The number of rotatable bonds is 3. The van der Waals surface area contributed by atoms with Crippen molar-refractivity contribution in [3.8, 4) is 0 Å². The molecule has 104 valence electrons. The molecule has 0 radical (unpaired) electrons. The molecule has 0 spiro atoms. The molecule has 2 heterocycles. The number of nitrogens with one attached hydrogen (secondary N) is 1. The van der Waals surface area contributed by atoms with Gasteiger partial charge in [0.25, 0.3) is 17.9 Å². The number of urea groups is 1. The largest absolute Gasteiger partial charge is 0.388 e. The lowest BCUT2D eigenvalue weighted by Crippen LogP contribution is -2.58. The molecule has 0 bridgehead atoms. The van der Waals surface area contributed by atoms with Gasteiger partial charge in [0.05, 0.1) is 5.11 Å². The molecule has 4 amide bonds. The molecule has 0 aromatic carbocycles. The van der Waals surface area contributed by atoms with Crippen LogP contribution in [0.25, 0.3) is 0 Å². The summed E-state index contributed by atoms with van der Waals surface area (Å²) < 4.78 is 1.31. The van der Waals surface area contributed by atoms with Crippen molar-refractivity contribution in [2.24, 2.45) is 10.2 Å². The highest BCUT2D eigenvalue weighted by Crippen LogP contribution is 2.10. The monoisotopic (exact) mass is 278 g/mol. The maximum atomic E-state index is 11.8. The van der Waals surface area contributed by atoms with Gasteiger partial charge in [0, 0.05) is 13.1 Å². The quantitative estimate of drug-likeness (QED) is 0.443. The Morgan fingerprint density at radius 2 is 2.10 bits per heavy atom.